The van der Waals surface area contributed by atoms with Crippen LogP contribution in [-0.2, 0) is 4.74 Å². The number of benzene rings is 1. The maximum Gasteiger partial charge on any atom is 0.494 e. The van der Waals surface area contributed by atoms with Gasteiger partial charge in [0.05, 0.1) is 17.9 Å². The second-order valence-corrected chi connectivity index (χ2v) is 3.13. The Morgan fingerprint density at radius 2 is 2.06 bits per heavy atom. The van der Waals surface area contributed by atoms with Gasteiger partial charge in [-0.05, 0) is 19.1 Å². The zero-order valence-corrected chi connectivity index (χ0v) is 9.36. The summed E-state index contributed by atoms with van der Waals surface area (Å²) in [5.74, 6) is 0. The van der Waals surface area contributed by atoms with Gasteiger partial charge < -0.3 is 4.74 Å². The number of hydrogen-bond acceptors (Lipinski definition) is 3. The highest BCUT2D eigenvalue weighted by Gasteiger charge is 2.44. The van der Waals surface area contributed by atoms with Gasteiger partial charge in [-0.1, -0.05) is 12.1 Å². The molecule has 4 nitrogen and oxygen atoms in total. The maximum atomic E-state index is 12.8. The Balaban J connectivity index is 3.28. The van der Waals surface area contributed by atoms with Crippen LogP contribution in [0.3, 0.4) is 0 Å². The van der Waals surface area contributed by atoms with E-state index in [1.54, 1.807) is 6.07 Å². The number of carbonyl (C=O) groups excluding carboxylic acids is 1. The van der Waals surface area contributed by atoms with Crippen molar-refractivity contribution >= 4 is 11.8 Å². The van der Waals surface area contributed by atoms with Crippen LogP contribution >= 0.6 is 0 Å². The predicted molar refractivity (Wildman–Crippen MR) is 56.7 cm³/mol. The summed E-state index contributed by atoms with van der Waals surface area (Å²) in [4.78, 5) is 10.8. The van der Waals surface area contributed by atoms with E-state index < -0.39 is 23.0 Å². The van der Waals surface area contributed by atoms with Gasteiger partial charge in [0.25, 0.3) is 0 Å². The smallest absolute Gasteiger partial charge is 0.449 e. The summed E-state index contributed by atoms with van der Waals surface area (Å²) in [7, 11) is 0. The number of hydrogen-bond donors (Lipinski definition) is 0. The zero-order valence-electron chi connectivity index (χ0n) is 9.36. The van der Waals surface area contributed by atoms with E-state index >= 15 is 0 Å². The van der Waals surface area contributed by atoms with Crippen LogP contribution in [0.25, 0.3) is 0 Å². The molecule has 0 aromatic heterocycles. The van der Waals surface area contributed by atoms with Crippen LogP contribution in [-0.4, -0.2) is 19.0 Å². The Kier molecular flexibility index (Phi) is 4.15. The summed E-state index contributed by atoms with van der Waals surface area (Å²) in [5.41, 5.74) is -0.811. The van der Waals surface area contributed by atoms with Crippen LogP contribution in [0.1, 0.15) is 12.5 Å². The molecule has 1 rings (SSSR count). The number of para-hydroxylation sites is 1. The standard InChI is InChI=1S/C11H9F3N2O2/c1-2-18-10(17)16(11(12,13)14)9-6-4-3-5-8(9)7-15/h3-6H,2H2,1H3. The lowest BCUT2D eigenvalue weighted by Crippen LogP contribution is -2.43. The molecule has 0 spiro atoms. The van der Waals surface area contributed by atoms with Gasteiger partial charge in [-0.2, -0.15) is 10.2 Å². The van der Waals surface area contributed by atoms with Crippen LogP contribution in [0.4, 0.5) is 23.7 Å². The molecule has 0 aliphatic heterocycles. The van der Waals surface area contributed by atoms with E-state index in [9.17, 15) is 18.0 Å². The lowest BCUT2D eigenvalue weighted by atomic mass is 10.2. The zero-order chi connectivity index (χ0) is 13.8. The first kappa shape index (κ1) is 13.8. The molecule has 0 bridgehead atoms. The number of amides is 1. The number of nitriles is 1. The van der Waals surface area contributed by atoms with Gasteiger partial charge in [-0.25, -0.2) is 4.79 Å². The molecular formula is C11H9F3N2O2. The van der Waals surface area contributed by atoms with Crippen molar-refractivity contribution in [2.45, 2.75) is 13.2 Å². The van der Waals surface area contributed by atoms with Gasteiger partial charge in [0.15, 0.2) is 0 Å². The molecule has 7 heteroatoms. The van der Waals surface area contributed by atoms with Crippen LogP contribution in [0, 0.1) is 11.3 Å². The van der Waals surface area contributed by atoms with Crippen molar-refractivity contribution in [3.05, 3.63) is 29.8 Å². The molecule has 0 heterocycles. The molecule has 0 unspecified atom stereocenters. The minimum atomic E-state index is -4.96. The molecule has 18 heavy (non-hydrogen) atoms. The third kappa shape index (κ3) is 2.91. The molecule has 0 aliphatic carbocycles. The Bertz CT molecular complexity index is 480. The van der Waals surface area contributed by atoms with Crippen LogP contribution in [0.5, 0.6) is 0 Å². The fourth-order valence-electron chi connectivity index (χ4n) is 1.29. The third-order valence-electron chi connectivity index (χ3n) is 1.97. The Morgan fingerprint density at radius 1 is 1.44 bits per heavy atom. The van der Waals surface area contributed by atoms with Gasteiger partial charge >= 0.3 is 12.4 Å². The molecule has 0 atom stereocenters. The van der Waals surface area contributed by atoms with E-state index in [4.69, 9.17) is 5.26 Å². The molecule has 0 saturated carbocycles. The van der Waals surface area contributed by atoms with Gasteiger partial charge in [-0.3, -0.25) is 0 Å². The highest BCUT2D eigenvalue weighted by atomic mass is 19.4. The Labute approximate surface area is 101 Å². The lowest BCUT2D eigenvalue weighted by Gasteiger charge is -2.24. The van der Waals surface area contributed by atoms with E-state index in [0.29, 0.717) is 0 Å². The number of carbonyl (C=O) groups is 1. The van der Waals surface area contributed by atoms with Gasteiger partial charge in [-0.15, -0.1) is 13.2 Å². The van der Waals surface area contributed by atoms with Crippen molar-refractivity contribution in [3.8, 4) is 6.07 Å². The minimum absolute atomic E-state index is 0.194. The maximum absolute atomic E-state index is 12.8. The topological polar surface area (TPSA) is 53.3 Å². The molecular weight excluding hydrogens is 249 g/mol. The van der Waals surface area contributed by atoms with Crippen LogP contribution < -0.4 is 4.90 Å². The number of ether oxygens (including phenoxy) is 1. The second kappa shape index (κ2) is 5.40. The quantitative estimate of drug-likeness (QED) is 0.766. The minimum Gasteiger partial charge on any atom is -0.449 e. The molecule has 0 fully saturated rings. The predicted octanol–water partition coefficient (Wildman–Crippen LogP) is 3.04. The largest absolute Gasteiger partial charge is 0.494 e. The highest BCUT2D eigenvalue weighted by molar-refractivity contribution is 5.90. The fourth-order valence-corrected chi connectivity index (χ4v) is 1.29. The second-order valence-electron chi connectivity index (χ2n) is 3.13. The fraction of sp³-hybridized carbons (Fsp3) is 0.273. The van der Waals surface area contributed by atoms with Crippen molar-refractivity contribution < 1.29 is 22.7 Å². The number of halogens is 3. The Hall–Kier alpha value is -2.23. The summed E-state index contributed by atoms with van der Waals surface area (Å²) in [6.45, 7) is 1.20. The van der Waals surface area contributed by atoms with Crippen molar-refractivity contribution in [1.29, 1.82) is 5.26 Å². The Morgan fingerprint density at radius 3 is 2.56 bits per heavy atom. The van der Waals surface area contributed by atoms with Crippen molar-refractivity contribution in [2.24, 2.45) is 0 Å². The first-order chi connectivity index (χ1) is 8.41. The third-order valence-corrected chi connectivity index (χ3v) is 1.97. The normalized spacial score (nSPS) is 10.6. The number of anilines is 1. The van der Waals surface area contributed by atoms with Gasteiger partial charge in [0, 0.05) is 0 Å². The number of nitrogens with zero attached hydrogens (tertiary/aromatic N) is 2. The summed E-state index contributed by atoms with van der Waals surface area (Å²) in [5, 5.41) is 8.75. The SMILES string of the molecule is CCOC(=O)N(c1ccccc1C#N)C(F)(F)F. The molecule has 0 N–H and O–H groups in total. The number of rotatable bonds is 2. The van der Waals surface area contributed by atoms with Crippen molar-refractivity contribution in [3.63, 3.8) is 0 Å². The summed E-state index contributed by atoms with van der Waals surface area (Å²) < 4.78 is 42.8. The molecule has 0 saturated heterocycles. The van der Waals surface area contributed by atoms with E-state index in [1.807, 2.05) is 0 Å². The molecule has 0 aliphatic rings. The van der Waals surface area contributed by atoms with E-state index in [1.165, 1.54) is 25.1 Å². The van der Waals surface area contributed by atoms with E-state index in [0.717, 1.165) is 6.07 Å². The average molecular weight is 258 g/mol. The van der Waals surface area contributed by atoms with Crippen molar-refractivity contribution in [2.75, 3.05) is 11.5 Å². The molecule has 96 valence electrons. The first-order valence-corrected chi connectivity index (χ1v) is 4.94. The van der Waals surface area contributed by atoms with Crippen molar-refractivity contribution in [1.82, 2.24) is 0 Å². The number of alkyl halides is 3. The summed E-state index contributed by atoms with van der Waals surface area (Å²) >= 11 is 0. The average Bonchev–Trinajstić information content (AvgIpc) is 2.28. The van der Waals surface area contributed by atoms with E-state index in [2.05, 4.69) is 4.74 Å². The van der Waals surface area contributed by atoms with Gasteiger partial charge in [0.2, 0.25) is 0 Å². The lowest BCUT2D eigenvalue weighted by molar-refractivity contribution is -0.124. The summed E-state index contributed by atoms with van der Waals surface area (Å²) in [6.07, 6.45) is -6.52. The van der Waals surface area contributed by atoms with E-state index in [-0.39, 0.29) is 12.2 Å². The van der Waals surface area contributed by atoms with Crippen LogP contribution in [0.2, 0.25) is 0 Å². The molecule has 1 aromatic carbocycles. The summed E-state index contributed by atoms with van der Waals surface area (Å²) in [6, 6.07) is 6.52. The van der Waals surface area contributed by atoms with Crippen LogP contribution in [0.15, 0.2) is 24.3 Å². The first-order valence-electron chi connectivity index (χ1n) is 4.94. The monoisotopic (exact) mass is 258 g/mol. The molecule has 1 aromatic rings. The van der Waals surface area contributed by atoms with Gasteiger partial charge in [0.1, 0.15) is 6.07 Å². The highest BCUT2D eigenvalue weighted by Crippen LogP contribution is 2.31. The molecule has 1 amide bonds. The molecule has 0 radical (unpaired) electrons.